The van der Waals surface area contributed by atoms with Gasteiger partial charge in [-0.25, -0.2) is 0 Å². The highest BCUT2D eigenvalue weighted by molar-refractivity contribution is 9.10. The Balaban J connectivity index is 2.49. The first kappa shape index (κ1) is 10.4. The van der Waals surface area contributed by atoms with E-state index in [4.69, 9.17) is 0 Å². The summed E-state index contributed by atoms with van der Waals surface area (Å²) in [6.07, 6.45) is 3.09. The van der Waals surface area contributed by atoms with Gasteiger partial charge in [0.1, 0.15) is 4.60 Å². The Hall–Kier alpha value is -1.09. The second kappa shape index (κ2) is 4.19. The van der Waals surface area contributed by atoms with Crippen molar-refractivity contribution >= 4 is 15.9 Å². The van der Waals surface area contributed by atoms with Gasteiger partial charge in [0, 0.05) is 18.8 Å². The minimum Gasteiger partial charge on any atom is -0.274 e. The molecule has 0 aliphatic heterocycles. The number of nitrogens with zero attached hydrogens (tertiary/aromatic N) is 2. The lowest BCUT2D eigenvalue weighted by atomic mass is 10.1. The Morgan fingerprint density at radius 3 is 2.80 bits per heavy atom. The standard InChI is InChI=1S/C12H13BrN2/c1-3-9-5-4-6-10(7-9)11-8-15(2)14-12(11)13/h4-8H,3H2,1-2H3. The third kappa shape index (κ3) is 2.12. The Morgan fingerprint density at radius 2 is 2.20 bits per heavy atom. The maximum atomic E-state index is 4.28. The molecule has 0 aliphatic rings. The maximum Gasteiger partial charge on any atom is 0.135 e. The van der Waals surface area contributed by atoms with Crippen LogP contribution in [0.25, 0.3) is 11.1 Å². The summed E-state index contributed by atoms with van der Waals surface area (Å²) in [6, 6.07) is 8.56. The molecule has 1 heterocycles. The van der Waals surface area contributed by atoms with E-state index in [0.29, 0.717) is 0 Å². The van der Waals surface area contributed by atoms with E-state index in [-0.39, 0.29) is 0 Å². The number of aromatic nitrogens is 2. The molecule has 0 fully saturated rings. The lowest BCUT2D eigenvalue weighted by Gasteiger charge is -2.01. The van der Waals surface area contributed by atoms with Gasteiger partial charge in [0.25, 0.3) is 0 Å². The summed E-state index contributed by atoms with van der Waals surface area (Å²) >= 11 is 3.47. The molecular formula is C12H13BrN2. The average molecular weight is 265 g/mol. The highest BCUT2D eigenvalue weighted by atomic mass is 79.9. The fourth-order valence-corrected chi connectivity index (χ4v) is 2.20. The maximum absolute atomic E-state index is 4.28. The summed E-state index contributed by atoms with van der Waals surface area (Å²) in [6.45, 7) is 2.16. The summed E-state index contributed by atoms with van der Waals surface area (Å²) in [5.74, 6) is 0. The average Bonchev–Trinajstić information content (AvgIpc) is 2.58. The molecule has 0 N–H and O–H groups in total. The van der Waals surface area contributed by atoms with Gasteiger partial charge in [-0.15, -0.1) is 0 Å². The molecule has 1 aromatic carbocycles. The Kier molecular flexibility index (Phi) is 2.91. The minimum atomic E-state index is 0.901. The third-order valence-electron chi connectivity index (χ3n) is 2.43. The molecule has 0 bridgehead atoms. The first-order chi connectivity index (χ1) is 7.20. The zero-order valence-corrected chi connectivity index (χ0v) is 10.5. The number of hydrogen-bond acceptors (Lipinski definition) is 1. The Bertz CT molecular complexity index is 474. The zero-order valence-electron chi connectivity index (χ0n) is 8.87. The second-order valence-corrected chi connectivity index (χ2v) is 4.31. The second-order valence-electron chi connectivity index (χ2n) is 3.56. The highest BCUT2D eigenvalue weighted by Gasteiger charge is 2.06. The van der Waals surface area contributed by atoms with E-state index in [1.54, 1.807) is 0 Å². The summed E-state index contributed by atoms with van der Waals surface area (Å²) in [5.41, 5.74) is 3.71. The SMILES string of the molecule is CCc1cccc(-c2cn(C)nc2Br)c1. The van der Waals surface area contributed by atoms with Crippen LogP contribution in [0.4, 0.5) is 0 Å². The highest BCUT2D eigenvalue weighted by Crippen LogP contribution is 2.27. The normalized spacial score (nSPS) is 10.6. The van der Waals surface area contributed by atoms with Crippen molar-refractivity contribution in [2.75, 3.05) is 0 Å². The van der Waals surface area contributed by atoms with Gasteiger partial charge in [0.05, 0.1) is 0 Å². The van der Waals surface area contributed by atoms with Gasteiger partial charge in [-0.05, 0) is 33.5 Å². The molecule has 2 rings (SSSR count). The fourth-order valence-electron chi connectivity index (χ4n) is 1.61. The largest absolute Gasteiger partial charge is 0.274 e. The van der Waals surface area contributed by atoms with E-state index >= 15 is 0 Å². The van der Waals surface area contributed by atoms with Gasteiger partial charge in [0.15, 0.2) is 0 Å². The molecule has 3 heteroatoms. The molecule has 0 aliphatic carbocycles. The molecule has 1 aromatic heterocycles. The number of benzene rings is 1. The molecular weight excluding hydrogens is 252 g/mol. The van der Waals surface area contributed by atoms with Crippen LogP contribution in [0.15, 0.2) is 35.1 Å². The third-order valence-corrected chi connectivity index (χ3v) is 3.02. The predicted octanol–water partition coefficient (Wildman–Crippen LogP) is 3.41. The van der Waals surface area contributed by atoms with E-state index in [1.807, 2.05) is 17.9 Å². The van der Waals surface area contributed by atoms with Crippen LogP contribution < -0.4 is 0 Å². The van der Waals surface area contributed by atoms with Gasteiger partial charge in [-0.3, -0.25) is 4.68 Å². The number of rotatable bonds is 2. The van der Waals surface area contributed by atoms with Gasteiger partial charge < -0.3 is 0 Å². The van der Waals surface area contributed by atoms with Crippen LogP contribution in [0, 0.1) is 0 Å². The first-order valence-electron chi connectivity index (χ1n) is 4.99. The molecule has 0 spiro atoms. The molecule has 0 amide bonds. The van der Waals surface area contributed by atoms with E-state index in [2.05, 4.69) is 52.2 Å². The van der Waals surface area contributed by atoms with Crippen molar-refractivity contribution < 1.29 is 0 Å². The van der Waals surface area contributed by atoms with Crippen molar-refractivity contribution in [3.05, 3.63) is 40.6 Å². The number of aryl methyl sites for hydroxylation is 2. The van der Waals surface area contributed by atoms with Crippen molar-refractivity contribution in [1.29, 1.82) is 0 Å². The molecule has 2 aromatic rings. The van der Waals surface area contributed by atoms with Gasteiger partial charge in [-0.1, -0.05) is 31.2 Å². The lowest BCUT2D eigenvalue weighted by Crippen LogP contribution is -1.84. The summed E-state index contributed by atoms with van der Waals surface area (Å²) in [5, 5.41) is 4.28. The molecule has 0 unspecified atom stereocenters. The van der Waals surface area contributed by atoms with Crippen LogP contribution in [-0.4, -0.2) is 9.78 Å². The Labute approximate surface area is 98.1 Å². The smallest absolute Gasteiger partial charge is 0.135 e. The van der Waals surface area contributed by atoms with E-state index in [0.717, 1.165) is 16.6 Å². The van der Waals surface area contributed by atoms with Gasteiger partial charge in [-0.2, -0.15) is 5.10 Å². The van der Waals surface area contributed by atoms with Crippen molar-refractivity contribution in [3.8, 4) is 11.1 Å². The van der Waals surface area contributed by atoms with Crippen LogP contribution in [-0.2, 0) is 13.5 Å². The Morgan fingerprint density at radius 1 is 1.40 bits per heavy atom. The first-order valence-corrected chi connectivity index (χ1v) is 5.78. The van der Waals surface area contributed by atoms with E-state index in [1.165, 1.54) is 11.1 Å². The van der Waals surface area contributed by atoms with Crippen molar-refractivity contribution in [3.63, 3.8) is 0 Å². The minimum absolute atomic E-state index is 0.901. The monoisotopic (exact) mass is 264 g/mol. The van der Waals surface area contributed by atoms with Gasteiger partial charge in [0.2, 0.25) is 0 Å². The van der Waals surface area contributed by atoms with Crippen LogP contribution >= 0.6 is 15.9 Å². The number of halogens is 1. The van der Waals surface area contributed by atoms with E-state index < -0.39 is 0 Å². The van der Waals surface area contributed by atoms with Crippen molar-refractivity contribution in [1.82, 2.24) is 9.78 Å². The molecule has 0 radical (unpaired) electrons. The quantitative estimate of drug-likeness (QED) is 0.813. The van der Waals surface area contributed by atoms with Crippen molar-refractivity contribution in [2.45, 2.75) is 13.3 Å². The summed E-state index contributed by atoms with van der Waals surface area (Å²) in [4.78, 5) is 0. The molecule has 0 saturated carbocycles. The summed E-state index contributed by atoms with van der Waals surface area (Å²) in [7, 11) is 1.93. The molecule has 78 valence electrons. The molecule has 15 heavy (non-hydrogen) atoms. The lowest BCUT2D eigenvalue weighted by molar-refractivity contribution is 0.760. The van der Waals surface area contributed by atoms with Crippen LogP contribution in [0.2, 0.25) is 0 Å². The molecule has 2 nitrogen and oxygen atoms in total. The zero-order chi connectivity index (χ0) is 10.8. The van der Waals surface area contributed by atoms with Crippen LogP contribution in [0.5, 0.6) is 0 Å². The number of hydrogen-bond donors (Lipinski definition) is 0. The van der Waals surface area contributed by atoms with Gasteiger partial charge >= 0.3 is 0 Å². The van der Waals surface area contributed by atoms with E-state index in [9.17, 15) is 0 Å². The summed E-state index contributed by atoms with van der Waals surface area (Å²) < 4.78 is 2.72. The van der Waals surface area contributed by atoms with Crippen LogP contribution in [0.3, 0.4) is 0 Å². The van der Waals surface area contributed by atoms with Crippen LogP contribution in [0.1, 0.15) is 12.5 Å². The van der Waals surface area contributed by atoms with Crippen molar-refractivity contribution in [2.24, 2.45) is 7.05 Å². The fraction of sp³-hybridized carbons (Fsp3) is 0.250. The predicted molar refractivity (Wildman–Crippen MR) is 65.7 cm³/mol. The molecule has 0 saturated heterocycles. The topological polar surface area (TPSA) is 17.8 Å². The molecule has 0 atom stereocenters.